The molecule has 41 heavy (non-hydrogen) atoms. The lowest BCUT2D eigenvalue weighted by Gasteiger charge is -2.74. The molecule has 3 saturated carbocycles. The highest BCUT2D eigenvalue weighted by Gasteiger charge is 2.68. The van der Waals surface area contributed by atoms with E-state index in [4.69, 9.17) is 11.5 Å². The van der Waals surface area contributed by atoms with Gasteiger partial charge in [0.15, 0.2) is 0 Å². The molecule has 4 fully saturated rings. The number of hydrogen-bond acceptors (Lipinski definition) is 7. The quantitative estimate of drug-likeness (QED) is 0.428. The van der Waals surface area contributed by atoms with Crippen molar-refractivity contribution in [2.24, 2.45) is 16.9 Å². The third kappa shape index (κ3) is 5.99. The topological polar surface area (TPSA) is 143 Å². The van der Waals surface area contributed by atoms with Crippen LogP contribution in [0.5, 0.6) is 0 Å². The van der Waals surface area contributed by atoms with Crippen LogP contribution in [-0.2, 0) is 11.2 Å². The van der Waals surface area contributed by atoms with E-state index in [1.165, 1.54) is 29.4 Å². The molecule has 0 spiro atoms. The smallest absolute Gasteiger partial charge is 0.338 e. The number of halogens is 1. The van der Waals surface area contributed by atoms with Gasteiger partial charge in [0, 0.05) is 44.0 Å². The summed E-state index contributed by atoms with van der Waals surface area (Å²) in [5.74, 6) is 0.0460. The van der Waals surface area contributed by atoms with E-state index in [0.717, 1.165) is 13.0 Å². The first kappa shape index (κ1) is 31.0. The minimum absolute atomic E-state index is 0. The largest absolute Gasteiger partial charge is 0.354 e. The van der Waals surface area contributed by atoms with E-state index in [1.807, 2.05) is 12.1 Å². The maximum absolute atomic E-state index is 12.8. The Balaban J connectivity index is 0.00000387. The third-order valence-electron chi connectivity index (χ3n) is 9.14. The summed E-state index contributed by atoms with van der Waals surface area (Å²) in [4.78, 5) is 47.7. The molecule has 2 bridgehead atoms. The second-order valence-electron chi connectivity index (χ2n) is 12.7. The lowest BCUT2D eigenvalue weighted by Crippen LogP contribution is -2.76. The predicted octanol–water partition coefficient (Wildman–Crippen LogP) is 1.81. The molecule has 224 valence electrons. The molecular formula is C29H43ClN8O3. The molecule has 1 aliphatic heterocycles. The van der Waals surface area contributed by atoms with Crippen molar-refractivity contribution < 1.29 is 9.59 Å². The van der Waals surface area contributed by atoms with E-state index in [0.29, 0.717) is 48.9 Å². The second-order valence-corrected chi connectivity index (χ2v) is 12.7. The number of piperazine rings is 1. The van der Waals surface area contributed by atoms with Gasteiger partial charge in [-0.1, -0.05) is 12.1 Å². The molecule has 1 saturated heterocycles. The van der Waals surface area contributed by atoms with Gasteiger partial charge in [-0.05, 0) is 89.2 Å². The fraction of sp³-hybridized carbons (Fsp3) is 0.586. The number of hydrogen-bond donors (Lipinski definition) is 3. The van der Waals surface area contributed by atoms with Crippen LogP contribution in [0, 0.1) is 5.41 Å². The highest BCUT2D eigenvalue weighted by atomic mass is 35.5. The molecule has 6 rings (SSSR count). The average Bonchev–Trinajstić information content (AvgIpc) is 2.87. The Hall–Kier alpha value is -2.99. The molecule has 1 unspecified atom stereocenters. The zero-order valence-electron chi connectivity index (χ0n) is 24.4. The number of nitrogens with zero attached hydrogens (tertiary/aromatic N) is 5. The maximum atomic E-state index is 12.8. The number of benzene rings is 1. The predicted molar refractivity (Wildman–Crippen MR) is 162 cm³/mol. The van der Waals surface area contributed by atoms with Gasteiger partial charge in [0.1, 0.15) is 5.82 Å². The van der Waals surface area contributed by atoms with Crippen molar-refractivity contribution in [2.75, 3.05) is 45.1 Å². The van der Waals surface area contributed by atoms with Crippen molar-refractivity contribution in [1.29, 1.82) is 0 Å². The molecule has 1 atom stereocenters. The summed E-state index contributed by atoms with van der Waals surface area (Å²) in [5, 5.41) is 2.70. The zero-order chi connectivity index (χ0) is 28.9. The van der Waals surface area contributed by atoms with Gasteiger partial charge in [-0.15, -0.1) is 12.4 Å². The van der Waals surface area contributed by atoms with Crippen LogP contribution in [0.25, 0.3) is 5.69 Å². The minimum Gasteiger partial charge on any atom is -0.338 e. The Morgan fingerprint density at radius 2 is 1.66 bits per heavy atom. The number of anilines is 1. The minimum atomic E-state index is -0.946. The van der Waals surface area contributed by atoms with Crippen LogP contribution in [-0.4, -0.2) is 93.1 Å². The van der Waals surface area contributed by atoms with Crippen LogP contribution in [0.2, 0.25) is 0 Å². The van der Waals surface area contributed by atoms with Gasteiger partial charge in [-0.25, -0.2) is 9.59 Å². The number of rotatable bonds is 8. The van der Waals surface area contributed by atoms with Crippen LogP contribution in [0.3, 0.4) is 0 Å². The number of nitrogens with two attached hydrogens (primary N) is 2. The van der Waals surface area contributed by atoms with E-state index in [-0.39, 0.29) is 30.2 Å². The summed E-state index contributed by atoms with van der Waals surface area (Å²) in [6, 6.07) is 9.63. The number of nitrogens with one attached hydrogen (secondary N) is 1. The van der Waals surface area contributed by atoms with Crippen LogP contribution < -0.4 is 22.5 Å². The summed E-state index contributed by atoms with van der Waals surface area (Å²) in [6.45, 7) is 7.98. The summed E-state index contributed by atoms with van der Waals surface area (Å²) in [6.07, 6.45) is 6.19. The van der Waals surface area contributed by atoms with Gasteiger partial charge in [0.05, 0.1) is 11.2 Å². The Morgan fingerprint density at radius 3 is 2.20 bits per heavy atom. The average molecular weight is 587 g/mol. The summed E-state index contributed by atoms with van der Waals surface area (Å²) < 4.78 is 1.46. The summed E-state index contributed by atoms with van der Waals surface area (Å²) in [7, 11) is 2.23. The third-order valence-corrected chi connectivity index (χ3v) is 9.14. The number of amides is 3. The number of carbonyl (C=O) groups is 2. The molecule has 3 amide bonds. The van der Waals surface area contributed by atoms with Gasteiger partial charge in [0.2, 0.25) is 5.91 Å². The van der Waals surface area contributed by atoms with Crippen molar-refractivity contribution in [1.82, 2.24) is 24.3 Å². The Morgan fingerprint density at radius 1 is 1.07 bits per heavy atom. The molecule has 5 N–H and O–H groups in total. The van der Waals surface area contributed by atoms with E-state index < -0.39 is 11.2 Å². The second kappa shape index (κ2) is 11.4. The van der Waals surface area contributed by atoms with Crippen LogP contribution in [0.4, 0.5) is 10.6 Å². The lowest BCUT2D eigenvalue weighted by atomic mass is 9.38. The fourth-order valence-electron chi connectivity index (χ4n) is 6.65. The molecule has 2 heterocycles. The van der Waals surface area contributed by atoms with E-state index in [1.54, 1.807) is 35.9 Å². The SMILES string of the molecule is CC(Cc1ccc(-n2ccc(NC(=O)N3CCN(C(=O)C(C)(C)N)CC3)nc2=O)cc1)N(C)C12CC(CN)(C1)C2.Cl. The van der Waals surface area contributed by atoms with Gasteiger partial charge in [-0.2, -0.15) is 4.98 Å². The maximum Gasteiger partial charge on any atom is 0.354 e. The fourth-order valence-corrected chi connectivity index (χ4v) is 6.65. The highest BCUT2D eigenvalue weighted by Crippen LogP contribution is 2.69. The van der Waals surface area contributed by atoms with Gasteiger partial charge < -0.3 is 21.3 Å². The van der Waals surface area contributed by atoms with Crippen LogP contribution in [0.1, 0.15) is 45.6 Å². The van der Waals surface area contributed by atoms with E-state index in [9.17, 15) is 14.4 Å². The first-order valence-electron chi connectivity index (χ1n) is 14.1. The van der Waals surface area contributed by atoms with Crippen molar-refractivity contribution in [2.45, 2.75) is 63.6 Å². The molecule has 0 radical (unpaired) electrons. The zero-order valence-corrected chi connectivity index (χ0v) is 25.2. The van der Waals surface area contributed by atoms with E-state index >= 15 is 0 Å². The van der Waals surface area contributed by atoms with E-state index in [2.05, 4.69) is 41.3 Å². The first-order chi connectivity index (χ1) is 18.8. The number of likely N-dealkylation sites (N-methyl/N-ethyl adjacent to an activating group) is 1. The van der Waals surface area contributed by atoms with Crippen molar-refractivity contribution in [3.63, 3.8) is 0 Å². The molecule has 12 heteroatoms. The molecule has 4 aliphatic rings. The first-order valence-corrected chi connectivity index (χ1v) is 14.1. The highest BCUT2D eigenvalue weighted by molar-refractivity contribution is 5.89. The molecule has 2 aromatic rings. The molecule has 1 aromatic heterocycles. The van der Waals surface area contributed by atoms with Crippen molar-refractivity contribution >= 4 is 30.2 Å². The van der Waals surface area contributed by atoms with Gasteiger partial charge in [0.25, 0.3) is 0 Å². The van der Waals surface area contributed by atoms with Crippen LogP contribution >= 0.6 is 12.4 Å². The number of aromatic nitrogens is 2. The number of carbonyl (C=O) groups excluding carboxylic acids is 2. The Bertz CT molecular complexity index is 1310. The van der Waals surface area contributed by atoms with Crippen molar-refractivity contribution in [3.8, 4) is 5.69 Å². The Labute approximate surface area is 247 Å². The standard InChI is InChI=1S/C29H42N8O3.ClH/c1-20(34(4)29-16-28(17-29,18-29)19-30)15-21-5-7-22(8-6-21)37-10-9-23(33-26(37)40)32-25(39)36-13-11-35(12-14-36)24(38)27(2,3)31;/h5-10,20H,11-19,30-31H2,1-4H3,(H,32,33,39,40);1H. The normalized spacial score (nSPS) is 24.2. The molecule has 3 aliphatic carbocycles. The van der Waals surface area contributed by atoms with Crippen molar-refractivity contribution in [3.05, 3.63) is 52.6 Å². The van der Waals surface area contributed by atoms with Crippen LogP contribution in [0.15, 0.2) is 41.3 Å². The summed E-state index contributed by atoms with van der Waals surface area (Å²) in [5.41, 5.74) is 13.1. The Kier molecular flexibility index (Phi) is 8.57. The van der Waals surface area contributed by atoms with Gasteiger partial charge in [-0.3, -0.25) is 19.6 Å². The monoisotopic (exact) mass is 586 g/mol. The molecule has 1 aromatic carbocycles. The molecule has 11 nitrogen and oxygen atoms in total. The summed E-state index contributed by atoms with van der Waals surface area (Å²) >= 11 is 0. The van der Waals surface area contributed by atoms with Gasteiger partial charge >= 0.3 is 11.7 Å². The number of urea groups is 1. The molecular weight excluding hydrogens is 544 g/mol. The lowest BCUT2D eigenvalue weighted by molar-refractivity contribution is -0.215.